The zero-order valence-corrected chi connectivity index (χ0v) is 10.4. The molecular formula is C14H16N2O. The average molecular weight is 228 g/mol. The van der Waals surface area contributed by atoms with E-state index in [9.17, 15) is 4.79 Å². The summed E-state index contributed by atoms with van der Waals surface area (Å²) in [6.07, 6.45) is 0.993. The number of nitrogens with zero attached hydrogens (tertiary/aromatic N) is 2. The molecule has 1 aliphatic heterocycles. The molecule has 88 valence electrons. The summed E-state index contributed by atoms with van der Waals surface area (Å²) in [5, 5.41) is 8.72. The van der Waals surface area contributed by atoms with Gasteiger partial charge in [0.15, 0.2) is 0 Å². The zero-order chi connectivity index (χ0) is 12.6. The van der Waals surface area contributed by atoms with Crippen LogP contribution in [0.5, 0.6) is 0 Å². The number of nitriles is 1. The molecule has 1 heterocycles. The molecule has 0 bridgehead atoms. The molecule has 0 fully saturated rings. The maximum Gasteiger partial charge on any atom is 0.237 e. The van der Waals surface area contributed by atoms with Crippen LogP contribution in [0.25, 0.3) is 0 Å². The Morgan fingerprint density at radius 3 is 2.82 bits per heavy atom. The molecule has 0 aromatic heterocycles. The van der Waals surface area contributed by atoms with Crippen LogP contribution in [0.15, 0.2) is 18.2 Å². The molecule has 17 heavy (non-hydrogen) atoms. The highest BCUT2D eigenvalue weighted by atomic mass is 16.2. The number of aryl methyl sites for hydroxylation is 1. The number of carbonyl (C=O) groups is 1. The number of hydrogen-bond acceptors (Lipinski definition) is 2. The van der Waals surface area contributed by atoms with Gasteiger partial charge in [-0.15, -0.1) is 0 Å². The van der Waals surface area contributed by atoms with Crippen LogP contribution in [0.1, 0.15) is 30.9 Å². The summed E-state index contributed by atoms with van der Waals surface area (Å²) in [6, 6.07) is 8.12. The minimum Gasteiger partial charge on any atom is -0.314 e. The fourth-order valence-corrected chi connectivity index (χ4v) is 2.68. The lowest BCUT2D eigenvalue weighted by molar-refractivity contribution is -0.122. The lowest BCUT2D eigenvalue weighted by atomic mass is 9.79. The third-order valence-electron chi connectivity index (χ3n) is 3.68. The molecule has 0 saturated heterocycles. The van der Waals surface area contributed by atoms with Crippen molar-refractivity contribution in [2.45, 2.75) is 32.1 Å². The van der Waals surface area contributed by atoms with Crippen molar-refractivity contribution in [3.05, 3.63) is 29.3 Å². The number of rotatable bonds is 2. The zero-order valence-electron chi connectivity index (χ0n) is 10.4. The lowest BCUT2D eigenvalue weighted by Gasteiger charge is -2.21. The first kappa shape index (κ1) is 11.7. The summed E-state index contributed by atoms with van der Waals surface area (Å²) < 4.78 is 0. The second-order valence-electron chi connectivity index (χ2n) is 4.83. The van der Waals surface area contributed by atoms with Crippen molar-refractivity contribution in [2.75, 3.05) is 11.9 Å². The number of benzene rings is 1. The molecule has 3 nitrogen and oxygen atoms in total. The molecule has 0 spiro atoms. The molecule has 0 radical (unpaired) electrons. The van der Waals surface area contributed by atoms with E-state index in [-0.39, 0.29) is 5.91 Å². The number of amides is 1. The number of hydrogen-bond donors (Lipinski definition) is 0. The largest absolute Gasteiger partial charge is 0.314 e. The number of likely N-dealkylation sites (N-methyl/N-ethyl adjacent to an activating group) is 1. The van der Waals surface area contributed by atoms with Gasteiger partial charge in [-0.1, -0.05) is 18.2 Å². The Morgan fingerprint density at radius 1 is 1.47 bits per heavy atom. The number of fused-ring (bicyclic) bond motifs is 1. The Morgan fingerprint density at radius 2 is 2.18 bits per heavy atom. The van der Waals surface area contributed by atoms with Gasteiger partial charge in [-0.2, -0.15) is 5.26 Å². The number of carbonyl (C=O) groups excluding carboxylic acids is 1. The predicted molar refractivity (Wildman–Crippen MR) is 66.8 cm³/mol. The highest BCUT2D eigenvalue weighted by Gasteiger charge is 2.45. The Labute approximate surface area is 102 Å². The lowest BCUT2D eigenvalue weighted by Crippen LogP contribution is -2.36. The van der Waals surface area contributed by atoms with Crippen molar-refractivity contribution in [1.82, 2.24) is 0 Å². The quantitative estimate of drug-likeness (QED) is 0.780. The number of anilines is 1. The standard InChI is InChI=1S/C14H16N2O/c1-10-6-4-7-11-12(10)16(3)13(17)14(11,2)8-5-9-15/h4,6-7H,5,8H2,1-3H3/t14-/m0/s1. The van der Waals surface area contributed by atoms with E-state index in [1.807, 2.05) is 39.1 Å². The van der Waals surface area contributed by atoms with Crippen molar-refractivity contribution in [3.8, 4) is 6.07 Å². The van der Waals surface area contributed by atoms with Gasteiger partial charge in [0.2, 0.25) is 5.91 Å². The van der Waals surface area contributed by atoms with E-state index in [1.54, 1.807) is 4.90 Å². The summed E-state index contributed by atoms with van der Waals surface area (Å²) >= 11 is 0. The van der Waals surface area contributed by atoms with Crippen molar-refractivity contribution < 1.29 is 4.79 Å². The maximum atomic E-state index is 12.4. The third kappa shape index (κ3) is 1.52. The second-order valence-corrected chi connectivity index (χ2v) is 4.83. The monoisotopic (exact) mass is 228 g/mol. The summed E-state index contributed by atoms with van der Waals surface area (Å²) in [6.45, 7) is 3.95. The van der Waals surface area contributed by atoms with E-state index >= 15 is 0 Å². The van der Waals surface area contributed by atoms with Gasteiger partial charge in [0, 0.05) is 13.5 Å². The van der Waals surface area contributed by atoms with Gasteiger partial charge in [-0.05, 0) is 31.4 Å². The molecule has 1 atom stereocenters. The molecule has 1 aliphatic rings. The van der Waals surface area contributed by atoms with E-state index in [4.69, 9.17) is 5.26 Å². The first-order valence-corrected chi connectivity index (χ1v) is 5.77. The summed E-state index contributed by atoms with van der Waals surface area (Å²) in [7, 11) is 1.81. The van der Waals surface area contributed by atoms with Gasteiger partial charge in [-0.25, -0.2) is 0 Å². The second kappa shape index (κ2) is 3.89. The first-order chi connectivity index (χ1) is 8.02. The van der Waals surface area contributed by atoms with E-state index in [2.05, 4.69) is 6.07 Å². The smallest absolute Gasteiger partial charge is 0.237 e. The molecule has 2 rings (SSSR count). The van der Waals surface area contributed by atoms with Gasteiger partial charge in [0.25, 0.3) is 0 Å². The van der Waals surface area contributed by atoms with Crippen LogP contribution in [-0.2, 0) is 10.2 Å². The molecule has 1 aromatic carbocycles. The average Bonchev–Trinajstić information content (AvgIpc) is 2.51. The normalized spacial score (nSPS) is 22.5. The van der Waals surface area contributed by atoms with Crippen LogP contribution >= 0.6 is 0 Å². The van der Waals surface area contributed by atoms with E-state index in [0.717, 1.165) is 16.8 Å². The van der Waals surface area contributed by atoms with Gasteiger partial charge in [0.1, 0.15) is 0 Å². The fourth-order valence-electron chi connectivity index (χ4n) is 2.68. The molecule has 1 amide bonds. The van der Waals surface area contributed by atoms with Crippen LogP contribution in [0.3, 0.4) is 0 Å². The molecule has 0 N–H and O–H groups in total. The van der Waals surface area contributed by atoms with Gasteiger partial charge < -0.3 is 4.90 Å². The Hall–Kier alpha value is -1.82. The Kier molecular flexibility index (Phi) is 2.66. The van der Waals surface area contributed by atoms with Gasteiger partial charge in [-0.3, -0.25) is 4.79 Å². The Bertz CT molecular complexity index is 515. The molecule has 0 saturated carbocycles. The first-order valence-electron chi connectivity index (χ1n) is 5.77. The highest BCUT2D eigenvalue weighted by Crippen LogP contribution is 2.45. The number of para-hydroxylation sites is 1. The van der Waals surface area contributed by atoms with Crippen LogP contribution in [0.4, 0.5) is 5.69 Å². The van der Waals surface area contributed by atoms with Crippen molar-refractivity contribution in [1.29, 1.82) is 5.26 Å². The summed E-state index contributed by atoms with van der Waals surface area (Å²) in [5.74, 6) is 0.0945. The summed E-state index contributed by atoms with van der Waals surface area (Å²) in [5.41, 5.74) is 2.64. The molecule has 1 aromatic rings. The van der Waals surface area contributed by atoms with Crippen LogP contribution in [0.2, 0.25) is 0 Å². The van der Waals surface area contributed by atoms with Crippen LogP contribution in [0, 0.1) is 18.3 Å². The van der Waals surface area contributed by atoms with Gasteiger partial charge >= 0.3 is 0 Å². The van der Waals surface area contributed by atoms with Crippen molar-refractivity contribution in [3.63, 3.8) is 0 Å². The van der Waals surface area contributed by atoms with Crippen molar-refractivity contribution in [2.24, 2.45) is 0 Å². The Balaban J connectivity index is 2.56. The fraction of sp³-hybridized carbons (Fsp3) is 0.429. The summed E-state index contributed by atoms with van der Waals surface area (Å²) in [4.78, 5) is 14.1. The van der Waals surface area contributed by atoms with Crippen LogP contribution < -0.4 is 4.90 Å². The maximum absolute atomic E-state index is 12.4. The minimum atomic E-state index is -0.536. The van der Waals surface area contributed by atoms with E-state index < -0.39 is 5.41 Å². The predicted octanol–water partition coefficient (Wildman–Crippen LogP) is 2.53. The van der Waals surface area contributed by atoms with Gasteiger partial charge in [0.05, 0.1) is 17.2 Å². The molecule has 0 aliphatic carbocycles. The van der Waals surface area contributed by atoms with E-state index in [1.165, 1.54) is 0 Å². The topological polar surface area (TPSA) is 44.1 Å². The highest BCUT2D eigenvalue weighted by molar-refractivity contribution is 6.08. The minimum absolute atomic E-state index is 0.0945. The molecule has 3 heteroatoms. The molecular weight excluding hydrogens is 212 g/mol. The third-order valence-corrected chi connectivity index (χ3v) is 3.68. The van der Waals surface area contributed by atoms with Crippen LogP contribution in [-0.4, -0.2) is 13.0 Å². The van der Waals surface area contributed by atoms with Crippen molar-refractivity contribution >= 4 is 11.6 Å². The van der Waals surface area contributed by atoms with E-state index in [0.29, 0.717) is 12.8 Å². The molecule has 0 unspecified atom stereocenters. The SMILES string of the molecule is Cc1cccc2c1N(C)C(=O)[C@@]2(C)CCC#N.